The summed E-state index contributed by atoms with van der Waals surface area (Å²) in [6.45, 7) is 4.06. The van der Waals surface area contributed by atoms with Crippen LogP contribution in [-0.2, 0) is 22.9 Å². The van der Waals surface area contributed by atoms with Gasteiger partial charge in [0, 0.05) is 5.88 Å². The van der Waals surface area contributed by atoms with Gasteiger partial charge in [-0.05, 0) is 36.8 Å². The van der Waals surface area contributed by atoms with E-state index in [1.54, 1.807) is 0 Å². The maximum absolute atomic E-state index is 12.1. The number of halogens is 1. The highest BCUT2D eigenvalue weighted by molar-refractivity contribution is 7.92. The lowest BCUT2D eigenvalue weighted by Crippen LogP contribution is -2.19. The van der Waals surface area contributed by atoms with Crippen molar-refractivity contribution < 1.29 is 8.42 Å². The lowest BCUT2D eigenvalue weighted by atomic mass is 10.0. The Morgan fingerprint density at radius 2 is 1.68 bits per heavy atom. The zero-order valence-electron chi connectivity index (χ0n) is 11.6. The van der Waals surface area contributed by atoms with Crippen LogP contribution in [0.15, 0.2) is 18.2 Å². The summed E-state index contributed by atoms with van der Waals surface area (Å²) in [5.41, 5.74) is 2.85. The summed E-state index contributed by atoms with van der Waals surface area (Å²) in [6, 6.07) is 5.91. The number of rotatable bonds is 8. The summed E-state index contributed by atoms with van der Waals surface area (Å²) in [5.74, 6) is 0.627. The minimum Gasteiger partial charge on any atom is -0.283 e. The number of anilines is 1. The minimum atomic E-state index is -3.28. The number of hydrogen-bond acceptors (Lipinski definition) is 2. The van der Waals surface area contributed by atoms with Gasteiger partial charge in [-0.1, -0.05) is 32.0 Å². The molecule has 0 aliphatic carbocycles. The molecule has 0 aliphatic heterocycles. The number of unbranched alkanes of at least 4 members (excludes halogenated alkanes) is 1. The summed E-state index contributed by atoms with van der Waals surface area (Å²) in [5, 5.41) is 0. The Balaban J connectivity index is 2.91. The number of nitrogens with one attached hydrogen (secondary N) is 1. The second-order valence-corrected chi connectivity index (χ2v) is 6.70. The maximum Gasteiger partial charge on any atom is 0.232 e. The minimum absolute atomic E-state index is 0.126. The van der Waals surface area contributed by atoms with Crippen molar-refractivity contribution in [3.8, 4) is 0 Å². The Hall–Kier alpha value is -0.740. The second kappa shape index (κ2) is 7.75. The average molecular weight is 304 g/mol. The number of benzene rings is 1. The summed E-state index contributed by atoms with van der Waals surface area (Å²) < 4.78 is 26.9. The Morgan fingerprint density at radius 1 is 1.11 bits per heavy atom. The highest BCUT2D eigenvalue weighted by atomic mass is 35.5. The van der Waals surface area contributed by atoms with Crippen molar-refractivity contribution in [2.45, 2.75) is 39.5 Å². The lowest BCUT2D eigenvalue weighted by molar-refractivity contribution is 0.598. The molecule has 0 aliphatic rings. The van der Waals surface area contributed by atoms with E-state index in [1.165, 1.54) is 0 Å². The van der Waals surface area contributed by atoms with Crippen LogP contribution >= 0.6 is 11.6 Å². The standard InChI is InChI=1S/C14H22ClNO2S/c1-3-12-8-7-9-13(4-2)14(12)16-19(17,18)11-6-5-10-15/h7-9,16H,3-6,10-11H2,1-2H3. The molecular formula is C14H22ClNO2S. The molecule has 0 saturated heterocycles. The first-order valence-corrected chi connectivity index (χ1v) is 8.90. The number of hydrogen-bond donors (Lipinski definition) is 1. The van der Waals surface area contributed by atoms with Gasteiger partial charge in [0.05, 0.1) is 11.4 Å². The molecule has 0 unspecified atom stereocenters. The molecule has 0 aromatic heterocycles. The second-order valence-electron chi connectivity index (χ2n) is 4.48. The van der Waals surface area contributed by atoms with Crippen molar-refractivity contribution in [1.82, 2.24) is 0 Å². The molecule has 0 bridgehead atoms. The topological polar surface area (TPSA) is 46.2 Å². The number of sulfonamides is 1. The van der Waals surface area contributed by atoms with Crippen LogP contribution in [0.3, 0.4) is 0 Å². The van der Waals surface area contributed by atoms with E-state index in [-0.39, 0.29) is 5.75 Å². The normalized spacial score (nSPS) is 11.5. The largest absolute Gasteiger partial charge is 0.283 e. The summed E-state index contributed by atoms with van der Waals surface area (Å²) in [6.07, 6.45) is 2.94. The van der Waals surface area contributed by atoms with E-state index in [4.69, 9.17) is 11.6 Å². The zero-order valence-corrected chi connectivity index (χ0v) is 13.1. The molecule has 19 heavy (non-hydrogen) atoms. The first-order chi connectivity index (χ1) is 9.04. The van der Waals surface area contributed by atoms with E-state index >= 15 is 0 Å². The van der Waals surface area contributed by atoms with Crippen LogP contribution in [0.5, 0.6) is 0 Å². The monoisotopic (exact) mass is 303 g/mol. The first-order valence-electron chi connectivity index (χ1n) is 6.71. The third kappa shape index (κ3) is 5.03. The van der Waals surface area contributed by atoms with E-state index in [9.17, 15) is 8.42 Å². The van der Waals surface area contributed by atoms with E-state index in [1.807, 2.05) is 32.0 Å². The summed E-state index contributed by atoms with van der Waals surface area (Å²) in [4.78, 5) is 0. The van der Waals surface area contributed by atoms with Gasteiger partial charge in [-0.15, -0.1) is 11.6 Å². The van der Waals surface area contributed by atoms with Gasteiger partial charge in [0.2, 0.25) is 10.0 Å². The Morgan fingerprint density at radius 3 is 2.16 bits per heavy atom. The molecule has 0 radical (unpaired) electrons. The molecular weight excluding hydrogens is 282 g/mol. The van der Waals surface area contributed by atoms with Crippen LogP contribution in [0.2, 0.25) is 0 Å². The number of aryl methyl sites for hydroxylation is 2. The van der Waals surface area contributed by atoms with Gasteiger partial charge in [0.25, 0.3) is 0 Å². The predicted octanol–water partition coefficient (Wildman–Crippen LogP) is 3.57. The van der Waals surface area contributed by atoms with Gasteiger partial charge in [-0.3, -0.25) is 4.72 Å². The van der Waals surface area contributed by atoms with Crippen molar-refractivity contribution in [2.24, 2.45) is 0 Å². The lowest BCUT2D eigenvalue weighted by Gasteiger charge is -2.15. The zero-order chi connectivity index (χ0) is 14.3. The van der Waals surface area contributed by atoms with Gasteiger partial charge >= 0.3 is 0 Å². The van der Waals surface area contributed by atoms with Crippen LogP contribution in [0.1, 0.15) is 37.8 Å². The molecule has 0 amide bonds. The number of alkyl halides is 1. The van der Waals surface area contributed by atoms with Crippen LogP contribution in [0.4, 0.5) is 5.69 Å². The molecule has 0 fully saturated rings. The molecule has 1 aromatic carbocycles. The number of para-hydroxylation sites is 1. The van der Waals surface area contributed by atoms with Gasteiger partial charge in [-0.2, -0.15) is 0 Å². The molecule has 0 heterocycles. The molecule has 108 valence electrons. The van der Waals surface area contributed by atoms with Crippen LogP contribution in [0, 0.1) is 0 Å². The highest BCUT2D eigenvalue weighted by Crippen LogP contribution is 2.24. The Labute approximate surface area is 121 Å². The van der Waals surface area contributed by atoms with E-state index in [0.29, 0.717) is 12.3 Å². The Bertz CT molecular complexity index is 478. The van der Waals surface area contributed by atoms with Crippen LogP contribution in [-0.4, -0.2) is 20.1 Å². The molecule has 1 aromatic rings. The smallest absolute Gasteiger partial charge is 0.232 e. The van der Waals surface area contributed by atoms with Crippen molar-refractivity contribution in [1.29, 1.82) is 0 Å². The Kier molecular flexibility index (Phi) is 6.66. The van der Waals surface area contributed by atoms with Gasteiger partial charge in [0.15, 0.2) is 0 Å². The van der Waals surface area contributed by atoms with E-state index < -0.39 is 10.0 Å². The van der Waals surface area contributed by atoms with E-state index in [0.717, 1.165) is 36.1 Å². The third-order valence-electron chi connectivity index (χ3n) is 3.05. The molecule has 5 heteroatoms. The SMILES string of the molecule is CCc1cccc(CC)c1NS(=O)(=O)CCCCCl. The van der Waals surface area contributed by atoms with Crippen molar-refractivity contribution >= 4 is 27.3 Å². The molecule has 1 rings (SSSR count). The molecule has 0 atom stereocenters. The van der Waals surface area contributed by atoms with Crippen molar-refractivity contribution in [2.75, 3.05) is 16.4 Å². The van der Waals surface area contributed by atoms with Gasteiger partial charge in [-0.25, -0.2) is 8.42 Å². The fourth-order valence-corrected chi connectivity index (χ4v) is 3.42. The van der Waals surface area contributed by atoms with Crippen molar-refractivity contribution in [3.63, 3.8) is 0 Å². The fraction of sp³-hybridized carbons (Fsp3) is 0.571. The summed E-state index contributed by atoms with van der Waals surface area (Å²) >= 11 is 5.57. The fourth-order valence-electron chi connectivity index (χ4n) is 1.97. The molecule has 0 spiro atoms. The van der Waals surface area contributed by atoms with Crippen LogP contribution < -0.4 is 4.72 Å². The van der Waals surface area contributed by atoms with Gasteiger partial charge < -0.3 is 0 Å². The average Bonchev–Trinajstić information content (AvgIpc) is 2.38. The first kappa shape index (κ1) is 16.3. The van der Waals surface area contributed by atoms with Crippen molar-refractivity contribution in [3.05, 3.63) is 29.3 Å². The third-order valence-corrected chi connectivity index (χ3v) is 4.66. The maximum atomic E-state index is 12.1. The molecule has 1 N–H and O–H groups in total. The summed E-state index contributed by atoms with van der Waals surface area (Å²) in [7, 11) is -3.28. The van der Waals surface area contributed by atoms with Gasteiger partial charge in [0.1, 0.15) is 0 Å². The highest BCUT2D eigenvalue weighted by Gasteiger charge is 2.14. The quantitative estimate of drug-likeness (QED) is 0.589. The molecule has 0 saturated carbocycles. The van der Waals surface area contributed by atoms with Crippen LogP contribution in [0.25, 0.3) is 0 Å². The van der Waals surface area contributed by atoms with E-state index in [2.05, 4.69) is 4.72 Å². The predicted molar refractivity (Wildman–Crippen MR) is 82.6 cm³/mol. The molecule has 3 nitrogen and oxygen atoms in total.